The Kier molecular flexibility index (Phi) is 5.21. The molecule has 4 nitrogen and oxygen atoms in total. The van der Waals surface area contributed by atoms with E-state index in [0.717, 1.165) is 11.5 Å². The van der Waals surface area contributed by atoms with Crippen molar-refractivity contribution in [1.29, 1.82) is 0 Å². The Morgan fingerprint density at radius 2 is 1.91 bits per heavy atom. The van der Waals surface area contributed by atoms with Gasteiger partial charge in [0.1, 0.15) is 11.5 Å². The van der Waals surface area contributed by atoms with Gasteiger partial charge in [-0.3, -0.25) is 0 Å². The van der Waals surface area contributed by atoms with Crippen LogP contribution in [0, 0.1) is 0 Å². The number of nitrogens with zero attached hydrogens (tertiary/aromatic N) is 1. The first-order valence-electron chi connectivity index (χ1n) is 8.64. The Balaban J connectivity index is 1.50. The summed E-state index contributed by atoms with van der Waals surface area (Å²) in [5.74, 6) is 2.71. The summed E-state index contributed by atoms with van der Waals surface area (Å²) in [5.41, 5.74) is 1.17. The van der Waals surface area contributed by atoms with E-state index in [1.165, 1.54) is 37.8 Å². The fourth-order valence-corrected chi connectivity index (χ4v) is 2.93. The fraction of sp³-hybridized carbons (Fsp3) is 0.526. The van der Waals surface area contributed by atoms with Crippen molar-refractivity contribution in [3.63, 3.8) is 0 Å². The highest BCUT2D eigenvalue weighted by Crippen LogP contribution is 2.23. The van der Waals surface area contributed by atoms with Gasteiger partial charge in [-0.05, 0) is 37.1 Å². The predicted octanol–water partition coefficient (Wildman–Crippen LogP) is 5.12. The van der Waals surface area contributed by atoms with E-state index >= 15 is 0 Å². The smallest absolute Gasteiger partial charge is 0.232 e. The van der Waals surface area contributed by atoms with Crippen molar-refractivity contribution in [3.05, 3.63) is 42.1 Å². The molecule has 0 amide bonds. The SMILES string of the molecule is CC(C)c1cnc(COc2ccc(NC3CCCCC3)cc2)o1. The van der Waals surface area contributed by atoms with Crippen molar-refractivity contribution in [1.82, 2.24) is 4.98 Å². The quantitative estimate of drug-likeness (QED) is 0.803. The average molecular weight is 314 g/mol. The number of benzene rings is 1. The minimum atomic E-state index is 0.349. The number of anilines is 1. The van der Waals surface area contributed by atoms with Gasteiger partial charge in [0, 0.05) is 17.6 Å². The van der Waals surface area contributed by atoms with E-state index in [1.807, 2.05) is 12.1 Å². The van der Waals surface area contributed by atoms with Crippen molar-refractivity contribution < 1.29 is 9.15 Å². The summed E-state index contributed by atoms with van der Waals surface area (Å²) in [4.78, 5) is 4.24. The number of ether oxygens (including phenoxy) is 1. The molecule has 1 heterocycles. The van der Waals surface area contributed by atoms with Gasteiger partial charge >= 0.3 is 0 Å². The highest BCUT2D eigenvalue weighted by Gasteiger charge is 2.13. The van der Waals surface area contributed by atoms with E-state index in [2.05, 4.69) is 36.3 Å². The van der Waals surface area contributed by atoms with Gasteiger partial charge in [0.25, 0.3) is 0 Å². The lowest BCUT2D eigenvalue weighted by molar-refractivity contribution is 0.257. The molecule has 1 aromatic heterocycles. The number of oxazole rings is 1. The minimum Gasteiger partial charge on any atom is -0.484 e. The van der Waals surface area contributed by atoms with Gasteiger partial charge in [-0.2, -0.15) is 0 Å². The maximum Gasteiger partial charge on any atom is 0.232 e. The lowest BCUT2D eigenvalue weighted by Gasteiger charge is -2.23. The number of aromatic nitrogens is 1. The zero-order chi connectivity index (χ0) is 16.1. The topological polar surface area (TPSA) is 47.3 Å². The normalized spacial score (nSPS) is 15.8. The Bertz CT molecular complexity index is 598. The highest BCUT2D eigenvalue weighted by molar-refractivity contribution is 5.47. The van der Waals surface area contributed by atoms with Gasteiger partial charge in [0.15, 0.2) is 6.61 Å². The molecule has 23 heavy (non-hydrogen) atoms. The van der Waals surface area contributed by atoms with Crippen LogP contribution in [-0.2, 0) is 6.61 Å². The molecule has 0 unspecified atom stereocenters. The van der Waals surface area contributed by atoms with Crippen molar-refractivity contribution in [2.75, 3.05) is 5.32 Å². The van der Waals surface area contributed by atoms with E-state index in [1.54, 1.807) is 6.20 Å². The average Bonchev–Trinajstić information content (AvgIpc) is 3.04. The van der Waals surface area contributed by atoms with Crippen LogP contribution < -0.4 is 10.1 Å². The monoisotopic (exact) mass is 314 g/mol. The summed E-state index contributed by atoms with van der Waals surface area (Å²) in [6.45, 7) is 4.54. The molecule has 124 valence electrons. The number of hydrogen-bond donors (Lipinski definition) is 1. The van der Waals surface area contributed by atoms with E-state index in [9.17, 15) is 0 Å². The highest BCUT2D eigenvalue weighted by atomic mass is 16.5. The molecule has 1 saturated carbocycles. The summed E-state index contributed by atoms with van der Waals surface area (Å²) in [6.07, 6.45) is 8.40. The van der Waals surface area contributed by atoms with Crippen LogP contribution in [0.5, 0.6) is 5.75 Å². The Hall–Kier alpha value is -1.97. The molecule has 2 aromatic rings. The molecule has 0 spiro atoms. The third-order valence-electron chi connectivity index (χ3n) is 4.33. The van der Waals surface area contributed by atoms with Crippen molar-refractivity contribution in [2.24, 2.45) is 0 Å². The lowest BCUT2D eigenvalue weighted by Crippen LogP contribution is -2.22. The Morgan fingerprint density at radius 3 is 2.57 bits per heavy atom. The summed E-state index contributed by atoms with van der Waals surface area (Å²) < 4.78 is 11.4. The van der Waals surface area contributed by atoms with Crippen LogP contribution in [-0.4, -0.2) is 11.0 Å². The van der Waals surface area contributed by atoms with E-state index < -0.39 is 0 Å². The van der Waals surface area contributed by atoms with Crippen LogP contribution in [0.2, 0.25) is 0 Å². The molecule has 1 fully saturated rings. The first kappa shape index (κ1) is 15.9. The van der Waals surface area contributed by atoms with Crippen LogP contribution in [0.15, 0.2) is 34.9 Å². The number of hydrogen-bond acceptors (Lipinski definition) is 4. The van der Waals surface area contributed by atoms with Crippen LogP contribution >= 0.6 is 0 Å². The van der Waals surface area contributed by atoms with Crippen LogP contribution in [0.25, 0.3) is 0 Å². The second kappa shape index (κ2) is 7.53. The van der Waals surface area contributed by atoms with Crippen LogP contribution in [0.3, 0.4) is 0 Å². The summed E-state index contributed by atoms with van der Waals surface area (Å²) >= 11 is 0. The molecule has 0 atom stereocenters. The minimum absolute atomic E-state index is 0.349. The Labute approximate surface area is 138 Å². The molecule has 1 aliphatic carbocycles. The largest absolute Gasteiger partial charge is 0.484 e. The summed E-state index contributed by atoms with van der Waals surface area (Å²) in [6, 6.07) is 8.78. The molecule has 4 heteroatoms. The fourth-order valence-electron chi connectivity index (χ4n) is 2.93. The zero-order valence-corrected chi connectivity index (χ0v) is 14.0. The van der Waals surface area contributed by atoms with Gasteiger partial charge in [-0.1, -0.05) is 33.1 Å². The summed E-state index contributed by atoms with van der Waals surface area (Å²) in [7, 11) is 0. The van der Waals surface area contributed by atoms with E-state index in [4.69, 9.17) is 9.15 Å². The van der Waals surface area contributed by atoms with Crippen molar-refractivity contribution in [2.45, 2.75) is 64.5 Å². The van der Waals surface area contributed by atoms with Gasteiger partial charge < -0.3 is 14.5 Å². The first-order valence-corrected chi connectivity index (χ1v) is 8.64. The molecule has 0 saturated heterocycles. The molecule has 0 aliphatic heterocycles. The summed E-state index contributed by atoms with van der Waals surface area (Å²) in [5, 5.41) is 3.61. The van der Waals surface area contributed by atoms with Crippen molar-refractivity contribution in [3.8, 4) is 5.75 Å². The van der Waals surface area contributed by atoms with E-state index in [-0.39, 0.29) is 0 Å². The zero-order valence-electron chi connectivity index (χ0n) is 14.0. The number of nitrogens with one attached hydrogen (secondary N) is 1. The maximum atomic E-state index is 5.75. The molecular weight excluding hydrogens is 288 g/mol. The number of rotatable bonds is 6. The first-order chi connectivity index (χ1) is 11.2. The molecular formula is C19H26N2O2. The second-order valence-electron chi connectivity index (χ2n) is 6.60. The third-order valence-corrected chi connectivity index (χ3v) is 4.33. The van der Waals surface area contributed by atoms with Gasteiger partial charge in [-0.15, -0.1) is 0 Å². The molecule has 0 bridgehead atoms. The molecule has 1 aromatic carbocycles. The molecule has 0 radical (unpaired) electrons. The Morgan fingerprint density at radius 1 is 1.17 bits per heavy atom. The predicted molar refractivity (Wildman–Crippen MR) is 91.9 cm³/mol. The van der Waals surface area contributed by atoms with Gasteiger partial charge in [-0.25, -0.2) is 4.98 Å². The standard InChI is InChI=1S/C19H26N2O2/c1-14(2)18-12-20-19(23-18)13-22-17-10-8-16(9-11-17)21-15-6-4-3-5-7-15/h8-12,14-15,21H,3-7,13H2,1-2H3. The van der Waals surface area contributed by atoms with Gasteiger partial charge in [0.05, 0.1) is 6.20 Å². The second-order valence-corrected chi connectivity index (χ2v) is 6.60. The van der Waals surface area contributed by atoms with Crippen LogP contribution in [0.1, 0.15) is 63.5 Å². The molecule has 3 rings (SSSR count). The van der Waals surface area contributed by atoms with Crippen LogP contribution in [0.4, 0.5) is 5.69 Å². The maximum absolute atomic E-state index is 5.75. The van der Waals surface area contributed by atoms with Crippen molar-refractivity contribution >= 4 is 5.69 Å². The molecule has 1 aliphatic rings. The third kappa shape index (κ3) is 4.50. The van der Waals surface area contributed by atoms with E-state index in [0.29, 0.717) is 24.5 Å². The lowest BCUT2D eigenvalue weighted by atomic mass is 9.95. The van der Waals surface area contributed by atoms with Gasteiger partial charge in [0.2, 0.25) is 5.89 Å². The molecule has 1 N–H and O–H groups in total.